The molecule has 1 aliphatic rings. The zero-order valence-corrected chi connectivity index (χ0v) is 16.9. The summed E-state index contributed by atoms with van der Waals surface area (Å²) < 4.78 is 14.2. The third kappa shape index (κ3) is 4.19. The van der Waals surface area contributed by atoms with E-state index in [1.807, 2.05) is 18.2 Å². The van der Waals surface area contributed by atoms with Crippen molar-refractivity contribution >= 4 is 33.6 Å². The second kappa shape index (κ2) is 8.13. The molecule has 0 saturated carbocycles. The van der Waals surface area contributed by atoms with Gasteiger partial charge in [-0.05, 0) is 57.4 Å². The molecule has 2 heterocycles. The Morgan fingerprint density at radius 1 is 1.14 bits per heavy atom. The van der Waals surface area contributed by atoms with Crippen LogP contribution in [0.1, 0.15) is 33.9 Å². The normalized spacial score (nSPS) is 13.9. The van der Waals surface area contributed by atoms with Gasteiger partial charge in [-0.25, -0.2) is 9.37 Å². The van der Waals surface area contributed by atoms with Crippen molar-refractivity contribution in [3.63, 3.8) is 0 Å². The molecule has 4 rings (SSSR count). The Morgan fingerprint density at radius 2 is 1.90 bits per heavy atom. The molecule has 146 valence electrons. The number of hydrogen-bond acceptors (Lipinski definition) is 3. The number of halogens is 2. The first-order valence-electron chi connectivity index (χ1n) is 9.07. The van der Waals surface area contributed by atoms with Crippen LogP contribution in [0, 0.1) is 5.82 Å². The molecule has 7 heteroatoms. The lowest BCUT2D eigenvalue weighted by Gasteiger charge is -2.28. The molecule has 2 aromatic carbocycles. The minimum Gasteiger partial charge on any atom is -0.327 e. The summed E-state index contributed by atoms with van der Waals surface area (Å²) in [5.74, 6) is -0.360. The van der Waals surface area contributed by atoms with Crippen LogP contribution in [0.5, 0.6) is 0 Å². The molecule has 1 N–H and O–H groups in total. The molecule has 0 bridgehead atoms. The lowest BCUT2D eigenvalue weighted by atomic mass is 10.0. The van der Waals surface area contributed by atoms with E-state index < -0.39 is 6.04 Å². The number of amides is 2. The van der Waals surface area contributed by atoms with E-state index in [9.17, 15) is 14.0 Å². The van der Waals surface area contributed by atoms with Crippen LogP contribution in [-0.4, -0.2) is 21.7 Å². The van der Waals surface area contributed by atoms with Crippen molar-refractivity contribution in [2.75, 3.05) is 5.32 Å². The maximum absolute atomic E-state index is 13.4. The number of carbonyl (C=O) groups is 2. The Morgan fingerprint density at radius 3 is 2.59 bits per heavy atom. The lowest BCUT2D eigenvalue weighted by Crippen LogP contribution is -2.32. The summed E-state index contributed by atoms with van der Waals surface area (Å²) in [6.07, 6.45) is 1.62. The number of nitrogens with one attached hydrogen (secondary N) is 1. The number of benzene rings is 2. The van der Waals surface area contributed by atoms with Gasteiger partial charge in [-0.3, -0.25) is 9.59 Å². The van der Waals surface area contributed by atoms with E-state index in [-0.39, 0.29) is 24.1 Å². The molecule has 0 radical (unpaired) electrons. The topological polar surface area (TPSA) is 62.3 Å². The van der Waals surface area contributed by atoms with Gasteiger partial charge in [0.1, 0.15) is 11.6 Å². The quantitative estimate of drug-likeness (QED) is 0.608. The van der Waals surface area contributed by atoms with Gasteiger partial charge in [0.2, 0.25) is 5.91 Å². The summed E-state index contributed by atoms with van der Waals surface area (Å²) in [6.45, 7) is 0.404. The van der Waals surface area contributed by atoms with Crippen LogP contribution in [0.25, 0.3) is 0 Å². The first-order chi connectivity index (χ1) is 14.0. The molecular weight excluding hydrogens is 437 g/mol. The predicted molar refractivity (Wildman–Crippen MR) is 111 cm³/mol. The number of carbonyl (C=O) groups excluding carboxylic acids is 2. The SMILES string of the molecule is O=C(C[C@@H](c1ccc(F)cc1)N1Cc2ccccc2C1=O)Nc1ccc(Br)cn1. The molecule has 5 nitrogen and oxygen atoms in total. The average molecular weight is 454 g/mol. The molecule has 3 aromatic rings. The number of anilines is 1. The maximum Gasteiger partial charge on any atom is 0.255 e. The number of pyridine rings is 1. The van der Waals surface area contributed by atoms with Crippen LogP contribution in [0.4, 0.5) is 10.2 Å². The summed E-state index contributed by atoms with van der Waals surface area (Å²) in [7, 11) is 0. The van der Waals surface area contributed by atoms with Gasteiger partial charge in [-0.2, -0.15) is 0 Å². The van der Waals surface area contributed by atoms with E-state index in [4.69, 9.17) is 0 Å². The predicted octanol–water partition coefficient (Wildman–Crippen LogP) is 4.71. The zero-order chi connectivity index (χ0) is 20.4. The van der Waals surface area contributed by atoms with Crippen LogP contribution in [-0.2, 0) is 11.3 Å². The van der Waals surface area contributed by atoms with E-state index in [1.54, 1.807) is 41.4 Å². The van der Waals surface area contributed by atoms with Gasteiger partial charge in [0.15, 0.2) is 0 Å². The monoisotopic (exact) mass is 453 g/mol. The van der Waals surface area contributed by atoms with Crippen molar-refractivity contribution in [1.29, 1.82) is 0 Å². The van der Waals surface area contributed by atoms with Crippen LogP contribution in [0.2, 0.25) is 0 Å². The highest BCUT2D eigenvalue weighted by molar-refractivity contribution is 9.10. The highest BCUT2D eigenvalue weighted by atomic mass is 79.9. The van der Waals surface area contributed by atoms with Gasteiger partial charge in [0, 0.05) is 22.8 Å². The molecule has 0 fully saturated rings. The summed E-state index contributed by atoms with van der Waals surface area (Å²) in [4.78, 5) is 31.5. The minimum absolute atomic E-state index is 0.0309. The molecule has 29 heavy (non-hydrogen) atoms. The minimum atomic E-state index is -0.522. The largest absolute Gasteiger partial charge is 0.327 e. The number of aromatic nitrogens is 1. The molecular formula is C22H17BrFN3O2. The highest BCUT2D eigenvalue weighted by Gasteiger charge is 2.34. The number of nitrogens with zero attached hydrogens (tertiary/aromatic N) is 2. The second-order valence-corrected chi connectivity index (χ2v) is 7.69. The van der Waals surface area contributed by atoms with Gasteiger partial charge in [-0.15, -0.1) is 0 Å². The molecule has 1 aromatic heterocycles. The van der Waals surface area contributed by atoms with Gasteiger partial charge in [0.05, 0.1) is 12.5 Å². The van der Waals surface area contributed by atoms with E-state index >= 15 is 0 Å². The Bertz CT molecular complexity index is 1050. The molecule has 2 amide bonds. The summed E-state index contributed by atoms with van der Waals surface area (Å²) in [5.41, 5.74) is 2.25. The highest BCUT2D eigenvalue weighted by Crippen LogP contribution is 2.33. The first-order valence-corrected chi connectivity index (χ1v) is 9.86. The van der Waals surface area contributed by atoms with Crippen molar-refractivity contribution in [1.82, 2.24) is 9.88 Å². The standard InChI is InChI=1S/C22H17BrFN3O2/c23-16-7-10-20(25-12-16)26-21(28)11-19(14-5-8-17(24)9-6-14)27-13-15-3-1-2-4-18(15)22(27)29/h1-10,12,19H,11,13H2,(H,25,26,28)/t19-/m0/s1. The van der Waals surface area contributed by atoms with Crippen molar-refractivity contribution in [3.8, 4) is 0 Å². The Labute approximate surface area is 175 Å². The Balaban J connectivity index is 1.59. The van der Waals surface area contributed by atoms with Crippen molar-refractivity contribution in [2.45, 2.75) is 19.0 Å². The van der Waals surface area contributed by atoms with Crippen molar-refractivity contribution in [3.05, 3.63) is 93.8 Å². The van der Waals surface area contributed by atoms with Gasteiger partial charge in [-0.1, -0.05) is 30.3 Å². The Hall–Kier alpha value is -3.06. The molecule has 1 atom stereocenters. The fraction of sp³-hybridized carbons (Fsp3) is 0.136. The average Bonchev–Trinajstić information content (AvgIpc) is 3.05. The van der Waals surface area contributed by atoms with Crippen LogP contribution in [0.3, 0.4) is 0 Å². The molecule has 0 spiro atoms. The van der Waals surface area contributed by atoms with Gasteiger partial charge < -0.3 is 10.2 Å². The van der Waals surface area contributed by atoms with Crippen molar-refractivity contribution in [2.24, 2.45) is 0 Å². The zero-order valence-electron chi connectivity index (χ0n) is 15.3. The smallest absolute Gasteiger partial charge is 0.255 e. The fourth-order valence-electron chi connectivity index (χ4n) is 3.44. The third-order valence-corrected chi connectivity index (χ3v) is 5.32. The fourth-order valence-corrected chi connectivity index (χ4v) is 3.68. The summed E-state index contributed by atoms with van der Waals surface area (Å²) >= 11 is 3.30. The van der Waals surface area contributed by atoms with Crippen LogP contribution in [0.15, 0.2) is 71.3 Å². The van der Waals surface area contributed by atoms with E-state index in [1.165, 1.54) is 12.1 Å². The van der Waals surface area contributed by atoms with Gasteiger partial charge >= 0.3 is 0 Å². The molecule has 0 saturated heterocycles. The molecule has 0 aliphatic carbocycles. The number of rotatable bonds is 5. The summed E-state index contributed by atoms with van der Waals surface area (Å²) in [6, 6.07) is 16.2. The summed E-state index contributed by atoms with van der Waals surface area (Å²) in [5, 5.41) is 2.76. The number of fused-ring (bicyclic) bond motifs is 1. The van der Waals surface area contributed by atoms with E-state index in [0.29, 0.717) is 23.5 Å². The van der Waals surface area contributed by atoms with Gasteiger partial charge in [0.25, 0.3) is 5.91 Å². The molecule has 1 aliphatic heterocycles. The van der Waals surface area contributed by atoms with E-state index in [2.05, 4.69) is 26.2 Å². The second-order valence-electron chi connectivity index (χ2n) is 6.77. The molecule has 0 unspecified atom stereocenters. The van der Waals surface area contributed by atoms with Crippen LogP contribution < -0.4 is 5.32 Å². The van der Waals surface area contributed by atoms with E-state index in [0.717, 1.165) is 10.0 Å². The lowest BCUT2D eigenvalue weighted by molar-refractivity contribution is -0.117. The maximum atomic E-state index is 13.4. The third-order valence-electron chi connectivity index (χ3n) is 4.85. The Kier molecular flexibility index (Phi) is 5.40. The first kappa shape index (κ1) is 19.3. The van der Waals surface area contributed by atoms with Crippen LogP contribution >= 0.6 is 15.9 Å². The number of hydrogen-bond donors (Lipinski definition) is 1. The van der Waals surface area contributed by atoms with Crippen molar-refractivity contribution < 1.29 is 14.0 Å².